The molecule has 0 saturated heterocycles. The summed E-state index contributed by atoms with van der Waals surface area (Å²) in [5, 5.41) is 2.23. The van der Waals surface area contributed by atoms with E-state index < -0.39 is 24.0 Å². The maximum absolute atomic E-state index is 11.4. The van der Waals surface area contributed by atoms with Crippen molar-refractivity contribution in [3.63, 3.8) is 0 Å². The van der Waals surface area contributed by atoms with Gasteiger partial charge in [0.1, 0.15) is 6.04 Å². The van der Waals surface area contributed by atoms with Crippen LogP contribution in [-0.4, -0.2) is 36.7 Å². The highest BCUT2D eigenvalue weighted by atomic mass is 35.5. The minimum absolute atomic E-state index is 0.0472. The minimum atomic E-state index is -0.974. The molecule has 0 rings (SSSR count). The van der Waals surface area contributed by atoms with E-state index in [0.717, 1.165) is 0 Å². The Morgan fingerprint density at radius 2 is 2.00 bits per heavy atom. The summed E-state index contributed by atoms with van der Waals surface area (Å²) in [6.07, 6.45) is -0.863. The summed E-state index contributed by atoms with van der Waals surface area (Å²) in [7, 11) is 0. The van der Waals surface area contributed by atoms with Crippen LogP contribution in [0.2, 0.25) is 0 Å². The van der Waals surface area contributed by atoms with Crippen molar-refractivity contribution in [3.8, 4) is 0 Å². The quantitative estimate of drug-likeness (QED) is 0.502. The number of alkyl halides is 1. The Morgan fingerprint density at radius 3 is 2.47 bits per heavy atom. The molecule has 0 aliphatic heterocycles. The highest BCUT2D eigenvalue weighted by Gasteiger charge is 2.23. The number of hydrogen-bond acceptors (Lipinski definition) is 5. The fraction of sp³-hybridized carbons (Fsp3) is 0.667. The molecule has 0 fully saturated rings. The van der Waals surface area contributed by atoms with Gasteiger partial charge in [-0.3, -0.25) is 4.79 Å². The highest BCUT2D eigenvalue weighted by molar-refractivity contribution is 6.17. The molecule has 0 aromatic heterocycles. The van der Waals surface area contributed by atoms with Crippen LogP contribution < -0.4 is 11.1 Å². The molecule has 7 nitrogen and oxygen atoms in total. The molecule has 0 aromatic rings. The van der Waals surface area contributed by atoms with Crippen LogP contribution in [0.1, 0.15) is 19.8 Å². The molecule has 0 aliphatic carbocycles. The van der Waals surface area contributed by atoms with E-state index in [-0.39, 0.29) is 25.5 Å². The van der Waals surface area contributed by atoms with E-state index in [0.29, 0.717) is 0 Å². The fourth-order valence-electron chi connectivity index (χ4n) is 1.01. The molecular formula is C9H15ClN2O5. The van der Waals surface area contributed by atoms with Crippen molar-refractivity contribution in [1.82, 2.24) is 5.32 Å². The third-order valence-electron chi connectivity index (χ3n) is 1.73. The first-order valence-electron chi connectivity index (χ1n) is 4.95. The SMILES string of the molecule is CCOC(=O)C(CCC(N)=O)NC(=O)OCCl. The third kappa shape index (κ3) is 7.40. The van der Waals surface area contributed by atoms with Crippen LogP contribution in [0.3, 0.4) is 0 Å². The molecule has 1 unspecified atom stereocenters. The number of carbonyl (C=O) groups is 3. The van der Waals surface area contributed by atoms with Crippen LogP contribution in [0.25, 0.3) is 0 Å². The second-order valence-electron chi connectivity index (χ2n) is 2.99. The van der Waals surface area contributed by atoms with E-state index in [9.17, 15) is 14.4 Å². The lowest BCUT2D eigenvalue weighted by Gasteiger charge is -2.15. The second kappa shape index (κ2) is 8.63. The van der Waals surface area contributed by atoms with Gasteiger partial charge in [-0.2, -0.15) is 0 Å². The van der Waals surface area contributed by atoms with Gasteiger partial charge in [-0.25, -0.2) is 9.59 Å². The van der Waals surface area contributed by atoms with Gasteiger partial charge in [0.25, 0.3) is 0 Å². The maximum Gasteiger partial charge on any atom is 0.409 e. The van der Waals surface area contributed by atoms with Crippen molar-refractivity contribution in [3.05, 3.63) is 0 Å². The molecule has 0 saturated carbocycles. The van der Waals surface area contributed by atoms with Gasteiger partial charge in [0.2, 0.25) is 5.91 Å². The first-order chi connectivity index (χ1) is 8.01. The Hall–Kier alpha value is -1.50. The predicted molar refractivity (Wildman–Crippen MR) is 59.2 cm³/mol. The van der Waals surface area contributed by atoms with Gasteiger partial charge < -0.3 is 20.5 Å². The van der Waals surface area contributed by atoms with Crippen molar-refractivity contribution in [1.29, 1.82) is 0 Å². The van der Waals surface area contributed by atoms with E-state index in [2.05, 4.69) is 10.1 Å². The first-order valence-corrected chi connectivity index (χ1v) is 5.48. The van der Waals surface area contributed by atoms with Gasteiger partial charge in [-0.05, 0) is 13.3 Å². The standard InChI is InChI=1S/C9H15ClN2O5/c1-2-16-8(14)6(3-4-7(11)13)12-9(15)17-5-10/h6H,2-5H2,1H3,(H2,11,13)(H,12,15). The number of nitrogens with one attached hydrogen (secondary N) is 1. The van der Waals surface area contributed by atoms with E-state index in [4.69, 9.17) is 22.1 Å². The van der Waals surface area contributed by atoms with Crippen molar-refractivity contribution < 1.29 is 23.9 Å². The number of rotatable bonds is 7. The zero-order valence-corrected chi connectivity index (χ0v) is 10.2. The number of nitrogens with two attached hydrogens (primary N) is 1. The molecule has 0 aromatic carbocycles. The van der Waals surface area contributed by atoms with Gasteiger partial charge >= 0.3 is 12.1 Å². The summed E-state index contributed by atoms with van der Waals surface area (Å²) in [6, 6.07) is -1.31. The molecular weight excluding hydrogens is 252 g/mol. The number of primary amides is 1. The average molecular weight is 267 g/mol. The molecule has 1 atom stereocenters. The predicted octanol–water partition coefficient (Wildman–Crippen LogP) is 0.106. The largest absolute Gasteiger partial charge is 0.464 e. The summed E-state index contributed by atoms with van der Waals surface area (Å²) in [5.74, 6) is -1.23. The van der Waals surface area contributed by atoms with Crippen LogP contribution in [-0.2, 0) is 19.1 Å². The number of esters is 1. The molecule has 0 bridgehead atoms. The van der Waals surface area contributed by atoms with Crippen molar-refractivity contribution in [2.24, 2.45) is 5.73 Å². The van der Waals surface area contributed by atoms with E-state index >= 15 is 0 Å². The lowest BCUT2D eigenvalue weighted by atomic mass is 10.1. The average Bonchev–Trinajstić information content (AvgIpc) is 2.24. The summed E-state index contributed by atoms with van der Waals surface area (Å²) in [4.78, 5) is 33.1. The van der Waals surface area contributed by atoms with Crippen molar-refractivity contribution in [2.75, 3.05) is 12.7 Å². The molecule has 0 aliphatic rings. The van der Waals surface area contributed by atoms with Gasteiger partial charge in [-0.15, -0.1) is 0 Å². The topological polar surface area (TPSA) is 108 Å². The zero-order valence-electron chi connectivity index (χ0n) is 9.40. The summed E-state index contributed by atoms with van der Waals surface area (Å²) in [5.41, 5.74) is 4.95. The monoisotopic (exact) mass is 266 g/mol. The molecule has 0 heterocycles. The van der Waals surface area contributed by atoms with E-state index in [1.807, 2.05) is 0 Å². The fourth-order valence-corrected chi connectivity index (χ4v) is 1.11. The van der Waals surface area contributed by atoms with Crippen LogP contribution >= 0.6 is 11.6 Å². The minimum Gasteiger partial charge on any atom is -0.464 e. The number of hydrogen-bond donors (Lipinski definition) is 2. The van der Waals surface area contributed by atoms with Crippen LogP contribution in [0, 0.1) is 0 Å². The molecule has 0 radical (unpaired) electrons. The normalized spacial score (nSPS) is 11.4. The van der Waals surface area contributed by atoms with Gasteiger partial charge in [0.15, 0.2) is 6.07 Å². The van der Waals surface area contributed by atoms with Crippen LogP contribution in [0.5, 0.6) is 0 Å². The molecule has 17 heavy (non-hydrogen) atoms. The van der Waals surface area contributed by atoms with Crippen LogP contribution in [0.4, 0.5) is 4.79 Å². The Morgan fingerprint density at radius 1 is 1.35 bits per heavy atom. The Kier molecular flexibility index (Phi) is 7.87. The molecule has 3 N–H and O–H groups in total. The number of ether oxygens (including phenoxy) is 2. The van der Waals surface area contributed by atoms with E-state index in [1.54, 1.807) is 6.92 Å². The molecule has 0 spiro atoms. The summed E-state index contributed by atoms with van der Waals surface area (Å²) < 4.78 is 9.12. The molecule has 2 amide bonds. The summed E-state index contributed by atoms with van der Waals surface area (Å²) in [6.45, 7) is 1.79. The number of halogens is 1. The van der Waals surface area contributed by atoms with Gasteiger partial charge in [-0.1, -0.05) is 11.6 Å². The highest BCUT2D eigenvalue weighted by Crippen LogP contribution is 2.01. The molecule has 8 heteroatoms. The Bertz CT molecular complexity index is 285. The third-order valence-corrected chi connectivity index (χ3v) is 1.84. The second-order valence-corrected chi connectivity index (χ2v) is 3.21. The van der Waals surface area contributed by atoms with Gasteiger partial charge in [0, 0.05) is 6.42 Å². The lowest BCUT2D eigenvalue weighted by molar-refractivity contribution is -0.145. The number of amides is 2. The van der Waals surface area contributed by atoms with Crippen molar-refractivity contribution in [2.45, 2.75) is 25.8 Å². The number of alkyl carbamates (subject to hydrolysis) is 1. The lowest BCUT2D eigenvalue weighted by Crippen LogP contribution is -2.42. The first kappa shape index (κ1) is 15.5. The number of carbonyl (C=O) groups excluding carboxylic acids is 3. The molecule has 98 valence electrons. The Labute approximate surface area is 104 Å². The zero-order chi connectivity index (χ0) is 13.3. The maximum atomic E-state index is 11.4. The van der Waals surface area contributed by atoms with Gasteiger partial charge in [0.05, 0.1) is 6.61 Å². The summed E-state index contributed by atoms with van der Waals surface area (Å²) >= 11 is 5.17. The Balaban J connectivity index is 4.33. The van der Waals surface area contributed by atoms with Crippen LogP contribution in [0.15, 0.2) is 0 Å². The van der Waals surface area contributed by atoms with Crippen molar-refractivity contribution >= 4 is 29.6 Å². The smallest absolute Gasteiger partial charge is 0.409 e. The van der Waals surface area contributed by atoms with E-state index in [1.165, 1.54) is 0 Å².